The molecule has 3 aliphatic heterocycles. The Balaban J connectivity index is 1.48. The van der Waals surface area contributed by atoms with E-state index >= 15 is 0 Å². The fourth-order valence-corrected chi connectivity index (χ4v) is 4.56. The number of hydrogen-bond acceptors (Lipinski definition) is 8. The van der Waals surface area contributed by atoms with Crippen molar-refractivity contribution in [2.45, 2.75) is 38.6 Å². The van der Waals surface area contributed by atoms with Crippen LogP contribution in [-0.4, -0.2) is 114 Å². The number of aryl methyl sites for hydroxylation is 1. The van der Waals surface area contributed by atoms with Crippen molar-refractivity contribution >= 4 is 17.9 Å². The molecule has 2 fully saturated rings. The van der Waals surface area contributed by atoms with Gasteiger partial charge in [-0.1, -0.05) is 26.0 Å². The predicted molar refractivity (Wildman–Crippen MR) is 124 cm³/mol. The van der Waals surface area contributed by atoms with Crippen molar-refractivity contribution < 1.29 is 19.4 Å². The number of aliphatic imine (C=N–C) groups is 1. The van der Waals surface area contributed by atoms with Gasteiger partial charge in [0.1, 0.15) is 18.5 Å². The van der Waals surface area contributed by atoms with E-state index in [0.29, 0.717) is 11.7 Å². The maximum atomic E-state index is 12.8. The van der Waals surface area contributed by atoms with Crippen LogP contribution in [-0.2, 0) is 11.2 Å². The Bertz CT molecular complexity index is 901. The number of nitrogens with zero attached hydrogens (tertiary/aromatic N) is 5. The molecule has 3 aliphatic rings. The first-order chi connectivity index (χ1) is 15.9. The summed E-state index contributed by atoms with van der Waals surface area (Å²) >= 11 is 0. The average Bonchev–Trinajstić information content (AvgIpc) is 3.21. The zero-order chi connectivity index (χ0) is 23.5. The third-order valence-electron chi connectivity index (χ3n) is 6.60. The highest BCUT2D eigenvalue weighted by Gasteiger charge is 2.50. The largest absolute Gasteiger partial charge is 0.491 e. The number of aliphatic hydroxyl groups excluding tert-OH is 1. The molecule has 3 amide bonds. The maximum Gasteiger partial charge on any atom is 0.325 e. The summed E-state index contributed by atoms with van der Waals surface area (Å²) in [6, 6.07) is 6.67. The highest BCUT2D eigenvalue weighted by Crippen LogP contribution is 2.26. The number of imide groups is 1. The minimum Gasteiger partial charge on any atom is -0.491 e. The topological polar surface area (TPSA) is 101 Å². The van der Waals surface area contributed by atoms with Crippen LogP contribution >= 0.6 is 0 Å². The Morgan fingerprint density at radius 3 is 2.67 bits per heavy atom. The molecule has 3 unspecified atom stereocenters. The lowest BCUT2D eigenvalue weighted by Crippen LogP contribution is -2.65. The normalized spacial score (nSPS) is 24.5. The Morgan fingerprint density at radius 1 is 1.21 bits per heavy atom. The number of carbonyl (C=O) groups is 2. The average molecular weight is 459 g/mol. The number of fused-ring (bicyclic) bond motifs is 1. The molecule has 3 heterocycles. The second-order valence-corrected chi connectivity index (χ2v) is 8.73. The molecule has 0 aliphatic carbocycles. The summed E-state index contributed by atoms with van der Waals surface area (Å²) in [5.41, 5.74) is 1.16. The summed E-state index contributed by atoms with van der Waals surface area (Å²) in [5.74, 6) is 0.973. The molecule has 4 rings (SSSR count). The summed E-state index contributed by atoms with van der Waals surface area (Å²) < 4.78 is 5.83. The zero-order valence-corrected chi connectivity index (χ0v) is 19.6. The van der Waals surface area contributed by atoms with E-state index in [0.717, 1.165) is 44.7 Å². The number of ether oxygens (including phenoxy) is 1. The van der Waals surface area contributed by atoms with Crippen LogP contribution in [0.25, 0.3) is 0 Å². The minimum absolute atomic E-state index is 0.0916. The van der Waals surface area contributed by atoms with Crippen LogP contribution in [0, 0.1) is 0 Å². The summed E-state index contributed by atoms with van der Waals surface area (Å²) in [4.78, 5) is 37.5. The number of amides is 3. The smallest absolute Gasteiger partial charge is 0.325 e. The molecule has 10 nitrogen and oxygen atoms in total. The lowest BCUT2D eigenvalue weighted by atomic mass is 10.1. The molecule has 0 bridgehead atoms. The Morgan fingerprint density at radius 2 is 1.97 bits per heavy atom. The van der Waals surface area contributed by atoms with Gasteiger partial charge in [0, 0.05) is 33.2 Å². The highest BCUT2D eigenvalue weighted by molar-refractivity contribution is 6.03. The molecule has 2 saturated heterocycles. The number of piperazine rings is 1. The number of carbonyl (C=O) groups excluding carboxylic acids is 2. The van der Waals surface area contributed by atoms with E-state index in [1.54, 1.807) is 7.05 Å². The molecule has 0 saturated carbocycles. The molecule has 3 atom stereocenters. The molecule has 180 valence electrons. The van der Waals surface area contributed by atoms with Crippen molar-refractivity contribution in [1.82, 2.24) is 24.9 Å². The third kappa shape index (κ3) is 4.91. The van der Waals surface area contributed by atoms with E-state index in [1.165, 1.54) is 4.90 Å². The van der Waals surface area contributed by atoms with Gasteiger partial charge in [-0.3, -0.25) is 10.1 Å². The van der Waals surface area contributed by atoms with E-state index in [9.17, 15) is 14.7 Å². The number of likely N-dealkylation sites (N-methyl/N-ethyl adjacent to an activating group) is 2. The molecular formula is C23H34N6O4. The molecule has 33 heavy (non-hydrogen) atoms. The number of urea groups is 1. The highest BCUT2D eigenvalue weighted by atomic mass is 16.5. The maximum absolute atomic E-state index is 12.8. The second-order valence-electron chi connectivity index (χ2n) is 8.73. The van der Waals surface area contributed by atoms with Crippen LogP contribution in [0.15, 0.2) is 29.3 Å². The van der Waals surface area contributed by atoms with Crippen LogP contribution in [0.5, 0.6) is 5.75 Å². The standard InChI is InChI=1S/C23H34N6O4/c1-4-16-7-6-8-18(13-16)33-15-17(30)14-29-19-20(26(3)23(32)25-21(19)31)24-22(29)28-11-9-27(5-2)10-12-28/h6-8,13,17,19-20,30H,4-5,9-12,14-15H2,1-3H3,(H,25,31,32). The number of rotatable bonds is 7. The SMILES string of the molecule is CCc1cccc(OCC(O)CN2C(N3CCN(CC)CC3)=NC3C2C(=O)NC(=O)N3C)c1. The van der Waals surface area contributed by atoms with Gasteiger partial charge in [0.25, 0.3) is 5.91 Å². The van der Waals surface area contributed by atoms with Gasteiger partial charge in [-0.2, -0.15) is 0 Å². The van der Waals surface area contributed by atoms with Crippen LogP contribution in [0.4, 0.5) is 4.79 Å². The van der Waals surface area contributed by atoms with Crippen LogP contribution < -0.4 is 10.1 Å². The fourth-order valence-electron chi connectivity index (χ4n) is 4.56. The Hall–Kier alpha value is -2.85. The summed E-state index contributed by atoms with van der Waals surface area (Å²) in [6.07, 6.45) is -0.546. The van der Waals surface area contributed by atoms with Crippen LogP contribution in [0.3, 0.4) is 0 Å². The lowest BCUT2D eigenvalue weighted by Gasteiger charge is -2.40. The van der Waals surface area contributed by atoms with E-state index in [-0.39, 0.29) is 13.2 Å². The second kappa shape index (κ2) is 9.96. The quantitative estimate of drug-likeness (QED) is 0.601. The molecule has 1 aromatic carbocycles. The molecule has 10 heteroatoms. The lowest BCUT2D eigenvalue weighted by molar-refractivity contribution is -0.127. The van der Waals surface area contributed by atoms with Crippen molar-refractivity contribution in [1.29, 1.82) is 0 Å². The van der Waals surface area contributed by atoms with Crippen LogP contribution in [0.1, 0.15) is 19.4 Å². The van der Waals surface area contributed by atoms with Gasteiger partial charge in [-0.05, 0) is 30.7 Å². The third-order valence-corrected chi connectivity index (χ3v) is 6.60. The zero-order valence-electron chi connectivity index (χ0n) is 19.6. The van der Waals surface area contributed by atoms with Gasteiger partial charge in [-0.15, -0.1) is 0 Å². The molecule has 0 radical (unpaired) electrons. The van der Waals surface area contributed by atoms with E-state index in [4.69, 9.17) is 9.73 Å². The number of benzene rings is 1. The monoisotopic (exact) mass is 458 g/mol. The first-order valence-electron chi connectivity index (χ1n) is 11.7. The van der Waals surface area contributed by atoms with Crippen molar-refractivity contribution in [3.05, 3.63) is 29.8 Å². The molecule has 0 spiro atoms. The van der Waals surface area contributed by atoms with Crippen molar-refractivity contribution in [2.24, 2.45) is 4.99 Å². The first kappa shape index (κ1) is 23.3. The van der Waals surface area contributed by atoms with Crippen molar-refractivity contribution in [2.75, 3.05) is 52.9 Å². The number of guanidine groups is 1. The van der Waals surface area contributed by atoms with Crippen LogP contribution in [0.2, 0.25) is 0 Å². The molecule has 1 aromatic rings. The summed E-state index contributed by atoms with van der Waals surface area (Å²) in [6.45, 7) is 8.83. The van der Waals surface area contributed by atoms with Crippen molar-refractivity contribution in [3.8, 4) is 5.75 Å². The molecule has 2 N–H and O–H groups in total. The summed E-state index contributed by atoms with van der Waals surface area (Å²) in [7, 11) is 1.64. The molecular weight excluding hydrogens is 424 g/mol. The van der Waals surface area contributed by atoms with E-state index in [2.05, 4.69) is 29.0 Å². The van der Waals surface area contributed by atoms with E-state index in [1.807, 2.05) is 29.2 Å². The summed E-state index contributed by atoms with van der Waals surface area (Å²) in [5, 5.41) is 13.2. The predicted octanol–water partition coefficient (Wildman–Crippen LogP) is 0.174. The van der Waals surface area contributed by atoms with Gasteiger partial charge in [0.05, 0.1) is 6.54 Å². The van der Waals surface area contributed by atoms with E-state index < -0.39 is 30.2 Å². The number of aliphatic hydroxyl groups is 1. The Labute approximate surface area is 194 Å². The Kier molecular flexibility index (Phi) is 7.04. The number of β-amino-alcohol motifs (C(OH)–C–C–N with tert-alkyl or cyclic N) is 1. The van der Waals surface area contributed by atoms with Gasteiger partial charge in [-0.25, -0.2) is 9.79 Å². The fraction of sp³-hybridized carbons (Fsp3) is 0.609. The first-order valence-corrected chi connectivity index (χ1v) is 11.7. The van der Waals surface area contributed by atoms with Crippen molar-refractivity contribution in [3.63, 3.8) is 0 Å². The van der Waals surface area contributed by atoms with Gasteiger partial charge in [0.15, 0.2) is 18.2 Å². The van der Waals surface area contributed by atoms with Gasteiger partial charge in [0.2, 0.25) is 0 Å². The molecule has 0 aromatic heterocycles. The minimum atomic E-state index is -0.841. The number of hydrogen-bond donors (Lipinski definition) is 2. The van der Waals surface area contributed by atoms with Gasteiger partial charge < -0.3 is 29.4 Å². The number of nitrogens with one attached hydrogen (secondary N) is 1. The van der Waals surface area contributed by atoms with Gasteiger partial charge >= 0.3 is 6.03 Å².